The lowest BCUT2D eigenvalue weighted by molar-refractivity contribution is -0.120. The van der Waals surface area contributed by atoms with Crippen LogP contribution < -0.4 is 10.6 Å². The molecule has 0 saturated carbocycles. The van der Waals surface area contributed by atoms with Gasteiger partial charge in [0.1, 0.15) is 0 Å². The Kier molecular flexibility index (Phi) is 5.31. The van der Waals surface area contributed by atoms with Crippen molar-refractivity contribution in [2.75, 3.05) is 5.32 Å². The van der Waals surface area contributed by atoms with Crippen molar-refractivity contribution in [3.05, 3.63) is 59.1 Å². The molecule has 2 aromatic carbocycles. The largest absolute Gasteiger partial charge is 0.349 e. The van der Waals surface area contributed by atoms with E-state index in [1.807, 2.05) is 42.5 Å². The molecule has 0 aliphatic heterocycles. The van der Waals surface area contributed by atoms with Gasteiger partial charge in [-0.1, -0.05) is 53.3 Å². The second kappa shape index (κ2) is 7.63. The molecule has 0 spiro atoms. The molecule has 3 aromatic rings. The van der Waals surface area contributed by atoms with Gasteiger partial charge in [-0.15, -0.1) is 0 Å². The average molecular weight is 374 g/mol. The van der Waals surface area contributed by atoms with Crippen LogP contribution in [-0.2, 0) is 9.59 Å². The molecule has 128 valence electrons. The molecule has 5 nitrogen and oxygen atoms in total. The number of fused-ring (bicyclic) bond motifs is 1. The molecule has 1 heterocycles. The summed E-state index contributed by atoms with van der Waals surface area (Å²) in [5.41, 5.74) is 1.66. The van der Waals surface area contributed by atoms with E-state index in [9.17, 15) is 9.59 Å². The molecule has 2 amide bonds. The molecule has 1 aromatic heterocycles. The first kappa shape index (κ1) is 17.4. The number of thiazole rings is 1. The molecule has 0 bridgehead atoms. The van der Waals surface area contributed by atoms with Gasteiger partial charge in [-0.25, -0.2) is 4.98 Å². The number of benzene rings is 2. The minimum Gasteiger partial charge on any atom is -0.349 e. The van der Waals surface area contributed by atoms with E-state index in [4.69, 9.17) is 11.6 Å². The summed E-state index contributed by atoms with van der Waals surface area (Å²) >= 11 is 7.33. The maximum atomic E-state index is 12.4. The molecule has 0 aliphatic rings. The van der Waals surface area contributed by atoms with Crippen LogP contribution in [0.2, 0.25) is 5.02 Å². The van der Waals surface area contributed by atoms with E-state index >= 15 is 0 Å². The van der Waals surface area contributed by atoms with Crippen LogP contribution in [0.5, 0.6) is 0 Å². The van der Waals surface area contributed by atoms with Gasteiger partial charge in [0.15, 0.2) is 5.13 Å². The molecule has 0 aliphatic carbocycles. The number of carbonyl (C=O) groups is 2. The van der Waals surface area contributed by atoms with Crippen molar-refractivity contribution < 1.29 is 9.59 Å². The van der Waals surface area contributed by atoms with Crippen LogP contribution in [0, 0.1) is 0 Å². The monoisotopic (exact) mass is 373 g/mol. The number of nitrogens with one attached hydrogen (secondary N) is 2. The van der Waals surface area contributed by atoms with E-state index in [2.05, 4.69) is 15.6 Å². The van der Waals surface area contributed by atoms with Crippen molar-refractivity contribution in [1.29, 1.82) is 0 Å². The number of amides is 2. The SMILES string of the molecule is CC(=O)N[C@@H](CC(=O)Nc1nc2ccc(Cl)cc2s1)c1ccccc1. The van der Waals surface area contributed by atoms with E-state index in [1.165, 1.54) is 18.3 Å². The summed E-state index contributed by atoms with van der Waals surface area (Å²) in [6.45, 7) is 1.44. The first-order chi connectivity index (χ1) is 12.0. The van der Waals surface area contributed by atoms with Crippen LogP contribution in [0.4, 0.5) is 5.13 Å². The number of carbonyl (C=O) groups excluding carboxylic acids is 2. The quantitative estimate of drug-likeness (QED) is 0.705. The molecule has 0 unspecified atom stereocenters. The van der Waals surface area contributed by atoms with E-state index in [1.54, 1.807) is 6.07 Å². The number of hydrogen-bond acceptors (Lipinski definition) is 4. The predicted molar refractivity (Wildman–Crippen MR) is 101 cm³/mol. The van der Waals surface area contributed by atoms with Gasteiger partial charge in [0, 0.05) is 11.9 Å². The first-order valence-corrected chi connectivity index (χ1v) is 8.89. The van der Waals surface area contributed by atoms with Crippen molar-refractivity contribution in [2.45, 2.75) is 19.4 Å². The molecule has 0 saturated heterocycles. The predicted octanol–water partition coefficient (Wildman–Crippen LogP) is 4.16. The minimum atomic E-state index is -0.387. The molecular formula is C18H16ClN3O2S. The summed E-state index contributed by atoms with van der Waals surface area (Å²) in [5, 5.41) is 6.75. The highest BCUT2D eigenvalue weighted by Gasteiger charge is 2.18. The fourth-order valence-corrected chi connectivity index (χ4v) is 3.65. The summed E-state index contributed by atoms with van der Waals surface area (Å²) < 4.78 is 0.907. The molecule has 3 rings (SSSR count). The summed E-state index contributed by atoms with van der Waals surface area (Å²) in [6.07, 6.45) is 0.125. The average Bonchev–Trinajstić information content (AvgIpc) is 2.95. The van der Waals surface area contributed by atoms with Crippen molar-refractivity contribution in [3.63, 3.8) is 0 Å². The molecule has 1 atom stereocenters. The van der Waals surface area contributed by atoms with Gasteiger partial charge in [-0.3, -0.25) is 9.59 Å². The fraction of sp³-hybridized carbons (Fsp3) is 0.167. The highest BCUT2D eigenvalue weighted by Crippen LogP contribution is 2.28. The lowest BCUT2D eigenvalue weighted by Crippen LogP contribution is -2.29. The molecule has 0 fully saturated rings. The van der Waals surface area contributed by atoms with Gasteiger partial charge in [0.2, 0.25) is 11.8 Å². The lowest BCUT2D eigenvalue weighted by atomic mass is 10.0. The summed E-state index contributed by atoms with van der Waals surface area (Å²) in [5.74, 6) is -0.399. The Bertz CT molecular complexity index is 911. The zero-order chi connectivity index (χ0) is 17.8. The summed E-state index contributed by atoms with van der Waals surface area (Å²) in [4.78, 5) is 28.2. The molecule has 25 heavy (non-hydrogen) atoms. The minimum absolute atomic E-state index is 0.125. The number of halogens is 1. The van der Waals surface area contributed by atoms with E-state index in [0.717, 1.165) is 15.8 Å². The Morgan fingerprint density at radius 2 is 1.96 bits per heavy atom. The third-order valence-electron chi connectivity index (χ3n) is 3.57. The molecule has 7 heteroatoms. The highest BCUT2D eigenvalue weighted by atomic mass is 35.5. The normalized spacial score (nSPS) is 11.9. The molecule has 0 radical (unpaired) electrons. The van der Waals surface area contributed by atoms with Crippen LogP contribution in [0.3, 0.4) is 0 Å². The first-order valence-electron chi connectivity index (χ1n) is 7.69. The maximum Gasteiger partial charge on any atom is 0.228 e. The maximum absolute atomic E-state index is 12.4. The van der Waals surface area contributed by atoms with Crippen molar-refractivity contribution >= 4 is 50.1 Å². The molecule has 2 N–H and O–H groups in total. The van der Waals surface area contributed by atoms with Crippen LogP contribution in [0.25, 0.3) is 10.2 Å². The van der Waals surface area contributed by atoms with Crippen LogP contribution >= 0.6 is 22.9 Å². The summed E-state index contributed by atoms with van der Waals surface area (Å²) in [7, 11) is 0. The van der Waals surface area contributed by atoms with Crippen LogP contribution in [0.1, 0.15) is 24.9 Å². The lowest BCUT2D eigenvalue weighted by Gasteiger charge is -2.17. The van der Waals surface area contributed by atoms with Crippen LogP contribution in [-0.4, -0.2) is 16.8 Å². The van der Waals surface area contributed by atoms with Gasteiger partial charge in [0.05, 0.1) is 22.7 Å². The Morgan fingerprint density at radius 1 is 1.20 bits per heavy atom. The standard InChI is InChI=1S/C18H16ClN3O2S/c1-11(23)20-15(12-5-3-2-4-6-12)10-17(24)22-18-21-14-8-7-13(19)9-16(14)25-18/h2-9,15H,10H2,1H3,(H,20,23)(H,21,22,24)/t15-/m0/s1. The molecular weight excluding hydrogens is 358 g/mol. The number of nitrogens with zero attached hydrogens (tertiary/aromatic N) is 1. The number of anilines is 1. The summed E-state index contributed by atoms with van der Waals surface area (Å²) in [6, 6.07) is 14.4. The van der Waals surface area contributed by atoms with Crippen molar-refractivity contribution in [2.24, 2.45) is 0 Å². The van der Waals surface area contributed by atoms with Crippen LogP contribution in [0.15, 0.2) is 48.5 Å². The zero-order valence-corrected chi connectivity index (χ0v) is 15.0. The van der Waals surface area contributed by atoms with Gasteiger partial charge in [-0.2, -0.15) is 0 Å². The second-order valence-corrected chi connectivity index (χ2v) is 7.01. The number of hydrogen-bond donors (Lipinski definition) is 2. The number of aromatic nitrogens is 1. The Balaban J connectivity index is 1.73. The Morgan fingerprint density at radius 3 is 2.68 bits per heavy atom. The van der Waals surface area contributed by atoms with E-state index in [-0.39, 0.29) is 24.3 Å². The van der Waals surface area contributed by atoms with E-state index < -0.39 is 0 Å². The topological polar surface area (TPSA) is 71.1 Å². The van der Waals surface area contributed by atoms with Crippen molar-refractivity contribution in [1.82, 2.24) is 10.3 Å². The third kappa shape index (κ3) is 4.55. The van der Waals surface area contributed by atoms with Gasteiger partial charge < -0.3 is 10.6 Å². The van der Waals surface area contributed by atoms with E-state index in [0.29, 0.717) is 10.2 Å². The highest BCUT2D eigenvalue weighted by molar-refractivity contribution is 7.22. The van der Waals surface area contributed by atoms with Gasteiger partial charge in [-0.05, 0) is 23.8 Å². The third-order valence-corrected chi connectivity index (χ3v) is 4.73. The zero-order valence-electron chi connectivity index (χ0n) is 13.5. The Labute approximate surface area is 154 Å². The smallest absolute Gasteiger partial charge is 0.228 e. The number of rotatable bonds is 5. The van der Waals surface area contributed by atoms with Crippen molar-refractivity contribution in [3.8, 4) is 0 Å². The van der Waals surface area contributed by atoms with Gasteiger partial charge in [0.25, 0.3) is 0 Å². The fourth-order valence-electron chi connectivity index (χ4n) is 2.49. The second-order valence-electron chi connectivity index (χ2n) is 5.55. The Hall–Kier alpha value is -2.44. The van der Waals surface area contributed by atoms with Gasteiger partial charge >= 0.3 is 0 Å².